The van der Waals surface area contributed by atoms with Gasteiger partial charge in [0.25, 0.3) is 0 Å². The van der Waals surface area contributed by atoms with E-state index in [9.17, 15) is 5.11 Å². The van der Waals surface area contributed by atoms with Crippen LogP contribution in [0.5, 0.6) is 17.2 Å². The maximum atomic E-state index is 10.4. The predicted molar refractivity (Wildman–Crippen MR) is 143 cm³/mol. The van der Waals surface area contributed by atoms with E-state index in [4.69, 9.17) is 43.7 Å². The molecule has 0 saturated carbocycles. The Bertz CT molecular complexity index is 1330. The number of thiol groups is 1. The number of aryl methyl sites for hydroxylation is 2. The number of hydrogen-bond acceptors (Lipinski definition) is 10. The van der Waals surface area contributed by atoms with E-state index in [1.165, 1.54) is 22.7 Å². The van der Waals surface area contributed by atoms with Gasteiger partial charge < -0.3 is 19.3 Å². The van der Waals surface area contributed by atoms with Gasteiger partial charge in [0.2, 0.25) is 0 Å². The van der Waals surface area contributed by atoms with Crippen molar-refractivity contribution in [3.63, 3.8) is 0 Å². The standard InChI is InChI=1S/C21H17Cl3N4O3S3/c1-4-9-5-10(6-12(30-3)16(9)31-32)26-21-25-8(2)17(34-21)20-27-11(7-33-20)13-14(22)18(23)28-19(24)15(13)29/h5-7,29,32H,4H2,1-3H3,(H,25,26). The van der Waals surface area contributed by atoms with Gasteiger partial charge in [-0.1, -0.05) is 53.1 Å². The van der Waals surface area contributed by atoms with Crippen LogP contribution in [0.3, 0.4) is 0 Å². The summed E-state index contributed by atoms with van der Waals surface area (Å²) in [5.74, 6) is 0.885. The molecule has 0 aliphatic heterocycles. The summed E-state index contributed by atoms with van der Waals surface area (Å²) < 4.78 is 10.6. The summed E-state index contributed by atoms with van der Waals surface area (Å²) in [6.07, 6.45) is 0.740. The monoisotopic (exact) mass is 574 g/mol. The first-order valence-corrected chi connectivity index (χ1v) is 12.9. The molecule has 3 aromatic heterocycles. The van der Waals surface area contributed by atoms with Gasteiger partial charge in [-0.25, -0.2) is 15.0 Å². The zero-order valence-electron chi connectivity index (χ0n) is 17.9. The first kappa shape index (κ1) is 25.2. The van der Waals surface area contributed by atoms with Crippen molar-refractivity contribution in [1.82, 2.24) is 15.0 Å². The Morgan fingerprint density at radius 2 is 1.91 bits per heavy atom. The number of methoxy groups -OCH3 is 1. The molecule has 0 spiro atoms. The highest BCUT2D eigenvalue weighted by molar-refractivity contribution is 7.75. The Kier molecular flexibility index (Phi) is 7.66. The molecule has 0 aliphatic rings. The summed E-state index contributed by atoms with van der Waals surface area (Å²) in [7, 11) is 1.58. The smallest absolute Gasteiger partial charge is 0.188 e. The number of halogens is 3. The molecule has 0 atom stereocenters. The summed E-state index contributed by atoms with van der Waals surface area (Å²) in [5, 5.41) is 16.8. The summed E-state index contributed by atoms with van der Waals surface area (Å²) >= 11 is 25.0. The fraction of sp³-hybridized carbons (Fsp3) is 0.190. The van der Waals surface area contributed by atoms with Crippen LogP contribution in [0.4, 0.5) is 10.8 Å². The highest BCUT2D eigenvalue weighted by atomic mass is 35.5. The van der Waals surface area contributed by atoms with Gasteiger partial charge in [0.05, 0.1) is 34.0 Å². The molecule has 178 valence electrons. The van der Waals surface area contributed by atoms with Crippen LogP contribution in [-0.4, -0.2) is 27.2 Å². The minimum Gasteiger partial charge on any atom is -0.504 e. The van der Waals surface area contributed by atoms with Gasteiger partial charge in [-0.15, -0.1) is 11.3 Å². The molecule has 0 saturated heterocycles. The van der Waals surface area contributed by atoms with Crippen molar-refractivity contribution in [2.75, 3.05) is 12.4 Å². The quantitative estimate of drug-likeness (QED) is 0.117. The van der Waals surface area contributed by atoms with E-state index in [1.54, 1.807) is 12.5 Å². The van der Waals surface area contributed by atoms with Gasteiger partial charge in [-0.2, -0.15) is 0 Å². The molecular formula is C21H17Cl3N4O3S3. The Morgan fingerprint density at radius 1 is 1.15 bits per heavy atom. The average Bonchev–Trinajstić information content (AvgIpc) is 3.43. The lowest BCUT2D eigenvalue weighted by Gasteiger charge is -2.13. The van der Waals surface area contributed by atoms with Crippen molar-refractivity contribution in [2.24, 2.45) is 0 Å². The van der Waals surface area contributed by atoms with E-state index >= 15 is 0 Å². The van der Waals surface area contributed by atoms with E-state index in [1.807, 2.05) is 26.0 Å². The number of pyridine rings is 1. The number of anilines is 2. The lowest BCUT2D eigenvalue weighted by Crippen LogP contribution is -1.97. The maximum absolute atomic E-state index is 10.4. The number of aromatic nitrogens is 3. The van der Waals surface area contributed by atoms with Crippen molar-refractivity contribution in [3.05, 3.63) is 44.1 Å². The fourth-order valence-corrected chi connectivity index (χ4v) is 6.02. The lowest BCUT2D eigenvalue weighted by atomic mass is 10.1. The molecule has 34 heavy (non-hydrogen) atoms. The van der Waals surface area contributed by atoms with Gasteiger partial charge >= 0.3 is 0 Å². The second-order valence-corrected chi connectivity index (χ2v) is 10.1. The molecule has 3 heterocycles. The third-order valence-corrected chi connectivity index (χ3v) is 8.11. The van der Waals surface area contributed by atoms with Crippen LogP contribution in [-0.2, 0) is 6.42 Å². The summed E-state index contributed by atoms with van der Waals surface area (Å²) in [6.45, 7) is 3.92. The number of ether oxygens (including phenoxy) is 1. The van der Waals surface area contributed by atoms with E-state index in [-0.39, 0.29) is 26.6 Å². The molecule has 0 amide bonds. The van der Waals surface area contributed by atoms with Crippen LogP contribution in [0.2, 0.25) is 15.3 Å². The first-order valence-electron chi connectivity index (χ1n) is 9.73. The maximum Gasteiger partial charge on any atom is 0.188 e. The van der Waals surface area contributed by atoms with Crippen molar-refractivity contribution < 1.29 is 14.0 Å². The number of hydrogen-bond donors (Lipinski definition) is 3. The van der Waals surface area contributed by atoms with Crippen molar-refractivity contribution >= 4 is 81.2 Å². The van der Waals surface area contributed by atoms with Gasteiger partial charge in [0, 0.05) is 35.6 Å². The highest BCUT2D eigenvalue weighted by Gasteiger charge is 2.22. The zero-order valence-corrected chi connectivity index (χ0v) is 22.7. The number of nitrogens with zero attached hydrogens (tertiary/aromatic N) is 3. The molecule has 0 unspecified atom stereocenters. The molecule has 2 N–H and O–H groups in total. The number of nitrogens with one attached hydrogen (secondary N) is 1. The summed E-state index contributed by atoms with van der Waals surface area (Å²) in [6, 6.07) is 3.79. The minimum atomic E-state index is -0.273. The Labute approximate surface area is 224 Å². The minimum absolute atomic E-state index is 0.00862. The number of rotatable bonds is 7. The van der Waals surface area contributed by atoms with Crippen molar-refractivity contribution in [1.29, 1.82) is 0 Å². The van der Waals surface area contributed by atoms with Crippen LogP contribution >= 0.6 is 70.4 Å². The van der Waals surface area contributed by atoms with Crippen molar-refractivity contribution in [2.45, 2.75) is 20.3 Å². The molecule has 4 rings (SSSR count). The average molecular weight is 576 g/mol. The van der Waals surface area contributed by atoms with Crippen LogP contribution in [0.15, 0.2) is 17.5 Å². The van der Waals surface area contributed by atoms with Crippen LogP contribution in [0.25, 0.3) is 21.1 Å². The largest absolute Gasteiger partial charge is 0.504 e. The lowest BCUT2D eigenvalue weighted by molar-refractivity contribution is 0.399. The predicted octanol–water partition coefficient (Wildman–Crippen LogP) is 7.84. The third kappa shape index (κ3) is 4.75. The first-order chi connectivity index (χ1) is 16.3. The second-order valence-electron chi connectivity index (χ2n) is 6.94. The van der Waals surface area contributed by atoms with Crippen molar-refractivity contribution in [3.8, 4) is 38.4 Å². The molecule has 0 aliphatic carbocycles. The number of benzene rings is 1. The van der Waals surface area contributed by atoms with Gasteiger partial charge in [0.1, 0.15) is 10.2 Å². The molecule has 0 radical (unpaired) electrons. The van der Waals surface area contributed by atoms with E-state index in [0.717, 1.165) is 28.2 Å². The second kappa shape index (κ2) is 10.3. The van der Waals surface area contributed by atoms with E-state index in [0.29, 0.717) is 27.3 Å². The molecule has 7 nitrogen and oxygen atoms in total. The highest BCUT2D eigenvalue weighted by Crippen LogP contribution is 2.45. The Balaban J connectivity index is 1.67. The molecule has 13 heteroatoms. The SMILES string of the molecule is CCc1cc(Nc2nc(C)c(-c3nc(-c4c(O)c(Cl)nc(Cl)c4Cl)cs3)s2)cc(OC)c1OS. The van der Waals surface area contributed by atoms with Gasteiger partial charge in [-0.3, -0.25) is 0 Å². The molecule has 0 fully saturated rings. The normalized spacial score (nSPS) is 11.0. The van der Waals surface area contributed by atoms with Crippen LogP contribution in [0.1, 0.15) is 18.2 Å². The number of aromatic hydroxyl groups is 1. The van der Waals surface area contributed by atoms with Crippen LogP contribution in [0, 0.1) is 6.92 Å². The molecule has 1 aromatic carbocycles. The van der Waals surface area contributed by atoms with E-state index in [2.05, 4.69) is 33.2 Å². The third-order valence-electron chi connectivity index (χ3n) is 4.86. The van der Waals surface area contributed by atoms with Gasteiger partial charge in [0.15, 0.2) is 27.5 Å². The van der Waals surface area contributed by atoms with E-state index < -0.39 is 0 Å². The zero-order chi connectivity index (χ0) is 24.6. The molecule has 0 bridgehead atoms. The Hall–Kier alpha value is -1.95. The van der Waals surface area contributed by atoms with Gasteiger partial charge in [-0.05, 0) is 19.4 Å². The summed E-state index contributed by atoms with van der Waals surface area (Å²) in [4.78, 5) is 14.0. The fourth-order valence-electron chi connectivity index (χ4n) is 3.25. The molecule has 4 aromatic rings. The van der Waals surface area contributed by atoms with Crippen LogP contribution < -0.4 is 14.2 Å². The topological polar surface area (TPSA) is 89.4 Å². The Morgan fingerprint density at radius 3 is 2.59 bits per heavy atom. The number of thiazole rings is 2. The molecular weight excluding hydrogens is 559 g/mol. The summed E-state index contributed by atoms with van der Waals surface area (Å²) in [5.41, 5.74) is 3.23.